The first kappa shape index (κ1) is 17.5. The highest BCUT2D eigenvalue weighted by atomic mass is 35.5. The van der Waals surface area contributed by atoms with Crippen LogP contribution in [0.15, 0.2) is 48.5 Å². The zero-order valence-corrected chi connectivity index (χ0v) is 13.6. The third-order valence-corrected chi connectivity index (χ3v) is 3.19. The molecular weight excluding hydrogens is 332 g/mol. The van der Waals surface area contributed by atoms with E-state index in [0.29, 0.717) is 10.7 Å². The van der Waals surface area contributed by atoms with E-state index in [2.05, 4.69) is 10.6 Å². The summed E-state index contributed by atoms with van der Waals surface area (Å²) in [5, 5.41) is 5.26. The van der Waals surface area contributed by atoms with Crippen LogP contribution in [0, 0.1) is 0 Å². The lowest BCUT2D eigenvalue weighted by Gasteiger charge is -2.10. The molecule has 6 nitrogen and oxygen atoms in total. The zero-order chi connectivity index (χ0) is 17.5. The molecule has 2 N–H and O–H groups in total. The maximum atomic E-state index is 12.0. The predicted octanol–water partition coefficient (Wildman–Crippen LogP) is 3.09. The van der Waals surface area contributed by atoms with Crippen LogP contribution < -0.4 is 10.6 Å². The van der Waals surface area contributed by atoms with E-state index in [1.54, 1.807) is 37.3 Å². The average molecular weight is 347 g/mol. The third kappa shape index (κ3) is 4.57. The number of para-hydroxylation sites is 1. The van der Waals surface area contributed by atoms with Crippen LogP contribution >= 0.6 is 11.6 Å². The molecule has 0 aromatic heterocycles. The van der Waals surface area contributed by atoms with Crippen LogP contribution in [0.1, 0.15) is 17.3 Å². The molecule has 2 aromatic rings. The summed E-state index contributed by atoms with van der Waals surface area (Å²) in [6.07, 6.45) is 0. The molecule has 0 spiro atoms. The van der Waals surface area contributed by atoms with Gasteiger partial charge in [-0.1, -0.05) is 29.8 Å². The van der Waals surface area contributed by atoms with E-state index in [0.717, 1.165) is 0 Å². The molecule has 0 aliphatic carbocycles. The highest BCUT2D eigenvalue weighted by molar-refractivity contribution is 6.44. The summed E-state index contributed by atoms with van der Waals surface area (Å²) in [4.78, 5) is 35.8. The number of amides is 2. The van der Waals surface area contributed by atoms with Crippen molar-refractivity contribution in [3.63, 3.8) is 0 Å². The fourth-order valence-corrected chi connectivity index (χ4v) is 2.10. The molecule has 0 heterocycles. The number of esters is 1. The van der Waals surface area contributed by atoms with E-state index in [-0.39, 0.29) is 17.9 Å². The molecule has 0 bridgehead atoms. The van der Waals surface area contributed by atoms with Crippen LogP contribution in [0.3, 0.4) is 0 Å². The molecule has 0 unspecified atom stereocenters. The highest BCUT2D eigenvalue weighted by Gasteiger charge is 2.18. The van der Waals surface area contributed by atoms with Crippen molar-refractivity contribution in [3.05, 3.63) is 59.1 Å². The second-order valence-electron chi connectivity index (χ2n) is 4.68. The second kappa shape index (κ2) is 8.12. The van der Waals surface area contributed by atoms with Crippen molar-refractivity contribution < 1.29 is 19.1 Å². The van der Waals surface area contributed by atoms with Crippen molar-refractivity contribution in [2.45, 2.75) is 6.92 Å². The normalized spacial score (nSPS) is 9.92. The summed E-state index contributed by atoms with van der Waals surface area (Å²) in [6.45, 7) is 1.88. The van der Waals surface area contributed by atoms with Gasteiger partial charge in [0.2, 0.25) is 0 Å². The summed E-state index contributed by atoms with van der Waals surface area (Å²) in [6, 6.07) is 12.7. The van der Waals surface area contributed by atoms with Crippen LogP contribution in [0.4, 0.5) is 11.4 Å². The maximum Gasteiger partial charge on any atom is 0.340 e. The molecule has 0 radical (unpaired) electrons. The SMILES string of the molecule is CCOC(=O)c1ccccc1NC(=O)C(=O)Nc1cccc(Cl)c1. The Bertz CT molecular complexity index is 777. The van der Waals surface area contributed by atoms with Crippen LogP contribution in [0.25, 0.3) is 0 Å². The number of rotatable bonds is 4. The molecular formula is C17H15ClN2O4. The molecule has 2 rings (SSSR count). The van der Waals surface area contributed by atoms with Crippen LogP contribution in [-0.4, -0.2) is 24.4 Å². The molecule has 0 saturated carbocycles. The summed E-state index contributed by atoms with van der Waals surface area (Å²) in [5.74, 6) is -2.37. The Hall–Kier alpha value is -2.86. The van der Waals surface area contributed by atoms with Crippen molar-refractivity contribution in [1.29, 1.82) is 0 Å². The molecule has 0 aliphatic heterocycles. The van der Waals surface area contributed by atoms with Crippen molar-refractivity contribution in [3.8, 4) is 0 Å². The predicted molar refractivity (Wildman–Crippen MR) is 91.1 cm³/mol. The number of hydrogen-bond donors (Lipinski definition) is 2. The van der Waals surface area contributed by atoms with Gasteiger partial charge >= 0.3 is 17.8 Å². The Morgan fingerprint density at radius 3 is 2.42 bits per heavy atom. The minimum absolute atomic E-state index is 0.170. The monoisotopic (exact) mass is 346 g/mol. The summed E-state index contributed by atoms with van der Waals surface area (Å²) in [5.41, 5.74) is 0.756. The molecule has 2 aromatic carbocycles. The number of benzene rings is 2. The van der Waals surface area contributed by atoms with Crippen LogP contribution in [0.5, 0.6) is 0 Å². The van der Waals surface area contributed by atoms with Crippen LogP contribution in [-0.2, 0) is 14.3 Å². The third-order valence-electron chi connectivity index (χ3n) is 2.96. The Morgan fingerprint density at radius 2 is 1.71 bits per heavy atom. The van der Waals surface area contributed by atoms with Gasteiger partial charge in [-0.3, -0.25) is 9.59 Å². The minimum atomic E-state index is -0.910. The molecule has 124 valence electrons. The van der Waals surface area contributed by atoms with Gasteiger partial charge in [0.15, 0.2) is 0 Å². The molecule has 24 heavy (non-hydrogen) atoms. The Labute approximate surface area is 143 Å². The number of nitrogens with one attached hydrogen (secondary N) is 2. The molecule has 2 amide bonds. The lowest BCUT2D eigenvalue weighted by atomic mass is 10.2. The minimum Gasteiger partial charge on any atom is -0.462 e. The zero-order valence-electron chi connectivity index (χ0n) is 12.8. The number of hydrogen-bond acceptors (Lipinski definition) is 4. The first-order valence-corrected chi connectivity index (χ1v) is 7.53. The number of anilines is 2. The number of ether oxygens (including phenoxy) is 1. The first-order chi connectivity index (χ1) is 11.5. The standard InChI is InChI=1S/C17H15ClN2O4/c1-2-24-17(23)13-8-3-4-9-14(13)20-16(22)15(21)19-12-7-5-6-11(18)10-12/h3-10H,2H2,1H3,(H,19,21)(H,20,22). The highest BCUT2D eigenvalue weighted by Crippen LogP contribution is 2.17. The topological polar surface area (TPSA) is 84.5 Å². The number of carbonyl (C=O) groups is 3. The fraction of sp³-hybridized carbons (Fsp3) is 0.118. The van der Waals surface area contributed by atoms with Crippen molar-refractivity contribution in [1.82, 2.24) is 0 Å². The van der Waals surface area contributed by atoms with Gasteiger partial charge in [0.1, 0.15) is 0 Å². The summed E-state index contributed by atoms with van der Waals surface area (Å²) in [7, 11) is 0. The van der Waals surface area contributed by atoms with Gasteiger partial charge in [0.05, 0.1) is 17.9 Å². The Morgan fingerprint density at radius 1 is 1.00 bits per heavy atom. The summed E-state index contributed by atoms with van der Waals surface area (Å²) >= 11 is 5.82. The average Bonchev–Trinajstić information content (AvgIpc) is 2.55. The van der Waals surface area contributed by atoms with E-state index < -0.39 is 17.8 Å². The van der Waals surface area contributed by atoms with Gasteiger partial charge in [-0.05, 0) is 37.3 Å². The first-order valence-electron chi connectivity index (χ1n) is 7.15. The fourth-order valence-electron chi connectivity index (χ4n) is 1.91. The quantitative estimate of drug-likeness (QED) is 0.658. The van der Waals surface area contributed by atoms with Crippen molar-refractivity contribution in [2.75, 3.05) is 17.2 Å². The molecule has 0 aliphatic rings. The van der Waals surface area contributed by atoms with Gasteiger partial charge < -0.3 is 15.4 Å². The Kier molecular flexibility index (Phi) is 5.92. The van der Waals surface area contributed by atoms with Gasteiger partial charge in [0.25, 0.3) is 0 Å². The summed E-state index contributed by atoms with van der Waals surface area (Å²) < 4.78 is 4.91. The van der Waals surface area contributed by atoms with Crippen molar-refractivity contribution >= 4 is 40.8 Å². The van der Waals surface area contributed by atoms with E-state index in [4.69, 9.17) is 16.3 Å². The number of carbonyl (C=O) groups excluding carboxylic acids is 3. The van der Waals surface area contributed by atoms with Crippen molar-refractivity contribution in [2.24, 2.45) is 0 Å². The smallest absolute Gasteiger partial charge is 0.340 e. The molecule has 0 fully saturated rings. The molecule has 0 saturated heterocycles. The Balaban J connectivity index is 2.09. The van der Waals surface area contributed by atoms with Gasteiger partial charge in [-0.15, -0.1) is 0 Å². The van der Waals surface area contributed by atoms with E-state index in [1.165, 1.54) is 18.2 Å². The van der Waals surface area contributed by atoms with Gasteiger partial charge in [-0.25, -0.2) is 4.79 Å². The lowest BCUT2D eigenvalue weighted by Crippen LogP contribution is -2.29. The molecule has 7 heteroatoms. The largest absolute Gasteiger partial charge is 0.462 e. The van der Waals surface area contributed by atoms with E-state index in [1.807, 2.05) is 0 Å². The van der Waals surface area contributed by atoms with E-state index in [9.17, 15) is 14.4 Å². The molecule has 0 atom stereocenters. The van der Waals surface area contributed by atoms with E-state index >= 15 is 0 Å². The van der Waals surface area contributed by atoms with Gasteiger partial charge in [0, 0.05) is 10.7 Å². The lowest BCUT2D eigenvalue weighted by molar-refractivity contribution is -0.133. The van der Waals surface area contributed by atoms with Crippen LogP contribution in [0.2, 0.25) is 5.02 Å². The maximum absolute atomic E-state index is 12.0. The second-order valence-corrected chi connectivity index (χ2v) is 5.12. The van der Waals surface area contributed by atoms with Gasteiger partial charge in [-0.2, -0.15) is 0 Å². The number of halogens is 1.